The molecule has 1 heterocycles. The zero-order valence-corrected chi connectivity index (χ0v) is 12.1. The smallest absolute Gasteiger partial charge is 0.234 e. The molecule has 0 atom stereocenters. The summed E-state index contributed by atoms with van der Waals surface area (Å²) in [5, 5.41) is 12.8. The lowest BCUT2D eigenvalue weighted by Crippen LogP contribution is -2.45. The van der Waals surface area contributed by atoms with Gasteiger partial charge in [0.05, 0.1) is 6.54 Å². The highest BCUT2D eigenvalue weighted by Crippen LogP contribution is 1.87. The summed E-state index contributed by atoms with van der Waals surface area (Å²) in [6, 6.07) is 0. The molecule has 116 valence electrons. The van der Waals surface area contributed by atoms with Crippen LogP contribution >= 0.6 is 0 Å². The van der Waals surface area contributed by atoms with Crippen molar-refractivity contribution < 1.29 is 9.59 Å². The summed E-state index contributed by atoms with van der Waals surface area (Å²) in [7, 11) is 0. The van der Waals surface area contributed by atoms with Crippen LogP contribution in [0.25, 0.3) is 0 Å². The van der Waals surface area contributed by atoms with Crippen LogP contribution in [0.2, 0.25) is 0 Å². The molecule has 7 heteroatoms. The van der Waals surface area contributed by atoms with Crippen molar-refractivity contribution in [1.82, 2.24) is 26.2 Å². The van der Waals surface area contributed by atoms with Crippen LogP contribution < -0.4 is 21.3 Å². The van der Waals surface area contributed by atoms with Crippen LogP contribution in [-0.4, -0.2) is 82.5 Å². The van der Waals surface area contributed by atoms with Crippen molar-refractivity contribution in [2.75, 3.05) is 65.4 Å². The molecule has 7 nitrogen and oxygen atoms in total. The van der Waals surface area contributed by atoms with Crippen LogP contribution in [0.4, 0.5) is 0 Å². The van der Waals surface area contributed by atoms with E-state index in [1.165, 1.54) is 0 Å². The highest BCUT2D eigenvalue weighted by Gasteiger charge is 2.10. The van der Waals surface area contributed by atoms with Gasteiger partial charge in [-0.1, -0.05) is 0 Å². The number of aldehydes is 1. The van der Waals surface area contributed by atoms with Gasteiger partial charge in [-0.25, -0.2) is 0 Å². The van der Waals surface area contributed by atoms with Crippen LogP contribution in [0, 0.1) is 0 Å². The Bertz CT molecular complexity index is 263. The van der Waals surface area contributed by atoms with Gasteiger partial charge in [0, 0.05) is 65.3 Å². The second kappa shape index (κ2) is 11.8. The molecule has 0 aliphatic carbocycles. The Kier molecular flexibility index (Phi) is 10.0. The Hall–Kier alpha value is -1.02. The summed E-state index contributed by atoms with van der Waals surface area (Å²) in [6.07, 6.45) is 1.19. The number of hydrogen-bond donors (Lipinski definition) is 4. The number of carbonyl (C=O) groups excluding carboxylic acids is 2. The quantitative estimate of drug-likeness (QED) is 0.338. The molecule has 0 aromatic rings. The van der Waals surface area contributed by atoms with Gasteiger partial charge in [0.25, 0.3) is 0 Å². The fraction of sp³-hybridized carbons (Fsp3) is 0.846. The van der Waals surface area contributed by atoms with E-state index in [1.807, 2.05) is 0 Å². The molecule has 0 aromatic heterocycles. The first-order valence-electron chi connectivity index (χ1n) is 7.38. The minimum absolute atomic E-state index is 0.0133. The molecule has 1 aliphatic heterocycles. The van der Waals surface area contributed by atoms with Crippen LogP contribution in [-0.2, 0) is 9.59 Å². The summed E-state index contributed by atoms with van der Waals surface area (Å²) in [4.78, 5) is 24.1. The maximum absolute atomic E-state index is 11.7. The third-order valence-corrected chi connectivity index (χ3v) is 3.12. The number of nitrogens with zero attached hydrogens (tertiary/aromatic N) is 1. The molecule has 4 N–H and O–H groups in total. The number of nitrogens with one attached hydrogen (secondary N) is 4. The molecule has 1 aliphatic rings. The zero-order chi connectivity index (χ0) is 14.5. The van der Waals surface area contributed by atoms with Gasteiger partial charge in [-0.2, -0.15) is 0 Å². The van der Waals surface area contributed by atoms with Gasteiger partial charge < -0.3 is 26.1 Å². The average molecular weight is 285 g/mol. The summed E-state index contributed by atoms with van der Waals surface area (Å²) in [6.45, 7) is 8.09. The van der Waals surface area contributed by atoms with Crippen molar-refractivity contribution >= 4 is 12.2 Å². The average Bonchev–Trinajstić information content (AvgIpc) is 2.42. The fourth-order valence-corrected chi connectivity index (χ4v) is 2.00. The molecule has 1 amide bonds. The summed E-state index contributed by atoms with van der Waals surface area (Å²) in [5.41, 5.74) is 0. The summed E-state index contributed by atoms with van der Waals surface area (Å²) >= 11 is 0. The highest BCUT2D eigenvalue weighted by molar-refractivity contribution is 5.78. The first-order chi connectivity index (χ1) is 9.83. The van der Waals surface area contributed by atoms with E-state index in [4.69, 9.17) is 0 Å². The predicted octanol–water partition coefficient (Wildman–Crippen LogP) is -2.22. The zero-order valence-electron chi connectivity index (χ0n) is 12.1. The maximum Gasteiger partial charge on any atom is 0.234 e. The Balaban J connectivity index is 2.26. The van der Waals surface area contributed by atoms with E-state index in [-0.39, 0.29) is 5.91 Å². The molecule has 1 fully saturated rings. The van der Waals surface area contributed by atoms with Gasteiger partial charge in [-0.15, -0.1) is 0 Å². The predicted molar refractivity (Wildman–Crippen MR) is 78.7 cm³/mol. The van der Waals surface area contributed by atoms with Gasteiger partial charge in [-0.05, 0) is 0 Å². The van der Waals surface area contributed by atoms with Crippen molar-refractivity contribution in [2.24, 2.45) is 0 Å². The minimum Gasteiger partial charge on any atom is -0.355 e. The maximum atomic E-state index is 11.7. The molecular weight excluding hydrogens is 258 g/mol. The van der Waals surface area contributed by atoms with Gasteiger partial charge in [-0.3, -0.25) is 9.69 Å². The molecule has 0 aromatic carbocycles. The first-order valence-corrected chi connectivity index (χ1v) is 7.38. The largest absolute Gasteiger partial charge is 0.355 e. The normalized spacial score (nSPS) is 19.6. The van der Waals surface area contributed by atoms with E-state index < -0.39 is 0 Å². The Labute approximate surface area is 120 Å². The third kappa shape index (κ3) is 8.98. The van der Waals surface area contributed by atoms with Crippen LogP contribution in [0.5, 0.6) is 0 Å². The van der Waals surface area contributed by atoms with E-state index in [1.54, 1.807) is 0 Å². The first kappa shape index (κ1) is 17.0. The molecule has 0 saturated carbocycles. The van der Waals surface area contributed by atoms with E-state index in [0.717, 1.165) is 58.6 Å². The fourth-order valence-electron chi connectivity index (χ4n) is 2.00. The van der Waals surface area contributed by atoms with Crippen molar-refractivity contribution in [2.45, 2.75) is 6.42 Å². The minimum atomic E-state index is -0.0133. The summed E-state index contributed by atoms with van der Waals surface area (Å²) in [5.74, 6) is -0.0133. The number of rotatable bonds is 5. The number of carbonyl (C=O) groups is 2. The van der Waals surface area contributed by atoms with Crippen molar-refractivity contribution in [3.63, 3.8) is 0 Å². The van der Waals surface area contributed by atoms with Crippen molar-refractivity contribution in [3.05, 3.63) is 0 Å². The molecule has 20 heavy (non-hydrogen) atoms. The Morgan fingerprint density at radius 1 is 1.00 bits per heavy atom. The van der Waals surface area contributed by atoms with Crippen LogP contribution in [0.1, 0.15) is 6.42 Å². The van der Waals surface area contributed by atoms with Crippen molar-refractivity contribution in [3.8, 4) is 0 Å². The molecule has 1 saturated heterocycles. The highest BCUT2D eigenvalue weighted by atomic mass is 16.2. The van der Waals surface area contributed by atoms with Crippen molar-refractivity contribution in [1.29, 1.82) is 0 Å². The second-order valence-electron chi connectivity index (χ2n) is 4.83. The molecule has 0 bridgehead atoms. The molecular formula is C13H27N5O2. The Morgan fingerprint density at radius 2 is 1.55 bits per heavy atom. The molecule has 1 rings (SSSR count). The molecule has 0 radical (unpaired) electrons. The lowest BCUT2D eigenvalue weighted by Gasteiger charge is -2.23. The van der Waals surface area contributed by atoms with Gasteiger partial charge in [0.1, 0.15) is 6.29 Å². The molecule has 0 unspecified atom stereocenters. The monoisotopic (exact) mass is 285 g/mol. The molecule has 0 spiro atoms. The lowest BCUT2D eigenvalue weighted by molar-refractivity contribution is -0.122. The van der Waals surface area contributed by atoms with Gasteiger partial charge >= 0.3 is 0 Å². The standard InChI is InChI=1S/C13H27N5O2/c19-11-1-2-17-13(20)12-18-9-7-15-5-3-14-4-6-16-8-10-18/h11,14-16H,1-10,12H2,(H,17,20). The van der Waals surface area contributed by atoms with Gasteiger partial charge in [0.2, 0.25) is 5.91 Å². The van der Waals surface area contributed by atoms with Gasteiger partial charge in [0.15, 0.2) is 0 Å². The third-order valence-electron chi connectivity index (χ3n) is 3.12. The van der Waals surface area contributed by atoms with E-state index in [0.29, 0.717) is 19.5 Å². The number of hydrogen-bond acceptors (Lipinski definition) is 6. The second-order valence-corrected chi connectivity index (χ2v) is 4.83. The number of amides is 1. The van der Waals surface area contributed by atoms with E-state index in [9.17, 15) is 9.59 Å². The lowest BCUT2D eigenvalue weighted by atomic mass is 10.4. The SMILES string of the molecule is O=CCCNC(=O)CN1CCNCCNCCNCC1. The van der Waals surface area contributed by atoms with E-state index >= 15 is 0 Å². The Morgan fingerprint density at radius 3 is 2.10 bits per heavy atom. The summed E-state index contributed by atoms with van der Waals surface area (Å²) < 4.78 is 0. The topological polar surface area (TPSA) is 85.5 Å². The van der Waals surface area contributed by atoms with Crippen LogP contribution in [0.3, 0.4) is 0 Å². The van der Waals surface area contributed by atoms with Crippen LogP contribution in [0.15, 0.2) is 0 Å². The van der Waals surface area contributed by atoms with E-state index in [2.05, 4.69) is 26.2 Å².